The molecular formula is C12H25NO2. The minimum Gasteiger partial charge on any atom is -0.353 e. The smallest absolute Gasteiger partial charge is 0.243 e. The maximum atomic E-state index is 10.7. The van der Waals surface area contributed by atoms with Gasteiger partial charge in [-0.1, -0.05) is 26.8 Å². The van der Waals surface area contributed by atoms with E-state index in [1.807, 2.05) is 13.8 Å². The molecule has 0 rings (SSSR count). The lowest BCUT2D eigenvalue weighted by Crippen LogP contribution is -2.21. The lowest BCUT2D eigenvalue weighted by Gasteiger charge is -2.00. The second-order valence-electron chi connectivity index (χ2n) is 3.01. The van der Waals surface area contributed by atoms with E-state index in [0.717, 1.165) is 19.3 Å². The van der Waals surface area contributed by atoms with E-state index in [2.05, 4.69) is 11.9 Å². The zero-order valence-electron chi connectivity index (χ0n) is 10.1. The van der Waals surface area contributed by atoms with Crippen molar-refractivity contribution >= 4 is 11.7 Å². The molecule has 0 heterocycles. The molecule has 0 bridgehead atoms. The number of rotatable bonds is 7. The highest BCUT2D eigenvalue weighted by Crippen LogP contribution is 1.99. The number of Topliss-reactive ketones (excluding diaryl/α,β-unsaturated/α-hetero) is 1. The van der Waals surface area contributed by atoms with Crippen molar-refractivity contribution in [3.8, 4) is 0 Å². The Morgan fingerprint density at radius 2 is 1.87 bits per heavy atom. The Kier molecular flexibility index (Phi) is 14.0. The molecule has 0 aromatic rings. The molecule has 3 heteroatoms. The molecule has 3 nitrogen and oxygen atoms in total. The van der Waals surface area contributed by atoms with Crippen LogP contribution in [0, 0.1) is 0 Å². The monoisotopic (exact) mass is 215 g/mol. The highest BCUT2D eigenvalue weighted by atomic mass is 16.1. The molecule has 15 heavy (non-hydrogen) atoms. The van der Waals surface area contributed by atoms with E-state index >= 15 is 0 Å². The Hall–Kier alpha value is -1.12. The van der Waals surface area contributed by atoms with E-state index in [1.165, 1.54) is 6.08 Å². The molecule has 0 aromatic heterocycles. The van der Waals surface area contributed by atoms with Crippen molar-refractivity contribution in [2.45, 2.75) is 46.5 Å². The first-order valence-corrected chi connectivity index (χ1v) is 5.56. The summed E-state index contributed by atoms with van der Waals surface area (Å²) in [7, 11) is 0. The van der Waals surface area contributed by atoms with Crippen molar-refractivity contribution in [1.82, 2.24) is 5.32 Å². The van der Waals surface area contributed by atoms with Crippen LogP contribution in [-0.4, -0.2) is 18.2 Å². The molecule has 0 aliphatic carbocycles. The number of unbranched alkanes of at least 4 members (excludes halogenated alkanes) is 2. The molecule has 0 aliphatic rings. The number of hydrogen-bond donors (Lipinski definition) is 1. The molecule has 0 radical (unpaired) electrons. The molecule has 90 valence electrons. The molecule has 1 amide bonds. The van der Waals surface area contributed by atoms with Crippen LogP contribution in [0.1, 0.15) is 47.9 Å². The summed E-state index contributed by atoms with van der Waals surface area (Å²) in [5, 5.41) is 2.68. The first-order chi connectivity index (χ1) is 7.16. The maximum absolute atomic E-state index is 10.7. The van der Waals surface area contributed by atoms with E-state index in [4.69, 9.17) is 0 Å². The van der Waals surface area contributed by atoms with Gasteiger partial charge in [0.25, 0.3) is 0 Å². The molecule has 0 aliphatic heterocycles. The van der Waals surface area contributed by atoms with E-state index in [9.17, 15) is 9.59 Å². The van der Waals surface area contributed by atoms with Gasteiger partial charge in [0, 0.05) is 14.4 Å². The Balaban J connectivity index is -0.000000529. The van der Waals surface area contributed by atoms with Crippen LogP contribution in [-0.2, 0) is 9.59 Å². The van der Waals surface area contributed by atoms with Crippen LogP contribution >= 0.6 is 0 Å². The largest absolute Gasteiger partial charge is 0.353 e. The Labute approximate surface area is 94.4 Å². The second-order valence-corrected chi connectivity index (χ2v) is 3.01. The molecule has 0 saturated carbocycles. The Morgan fingerprint density at radius 3 is 2.33 bits per heavy atom. The summed E-state index contributed by atoms with van der Waals surface area (Å²) in [5.41, 5.74) is 0. The molecule has 0 saturated heterocycles. The molecule has 0 unspecified atom stereocenters. The summed E-state index contributed by atoms with van der Waals surface area (Å²) < 4.78 is 0. The molecule has 0 aromatic carbocycles. The van der Waals surface area contributed by atoms with Gasteiger partial charge in [0.1, 0.15) is 5.78 Å². The normalized spacial score (nSPS) is 8.47. The summed E-state index contributed by atoms with van der Waals surface area (Å²) in [5.74, 6) is 0.0988. The molecule has 1 N–H and O–H groups in total. The van der Waals surface area contributed by atoms with Crippen molar-refractivity contribution in [2.75, 3.05) is 6.54 Å². The third kappa shape index (κ3) is 15.6. The highest BCUT2D eigenvalue weighted by Gasteiger charge is 1.95. The van der Waals surface area contributed by atoms with Gasteiger partial charge in [0.15, 0.2) is 0 Å². The van der Waals surface area contributed by atoms with Gasteiger partial charge < -0.3 is 10.1 Å². The second kappa shape index (κ2) is 12.9. The van der Waals surface area contributed by atoms with Gasteiger partial charge >= 0.3 is 0 Å². The van der Waals surface area contributed by atoms with Gasteiger partial charge in [-0.05, 0) is 25.8 Å². The minimum atomic E-state index is -0.133. The van der Waals surface area contributed by atoms with Gasteiger partial charge in [0.2, 0.25) is 5.91 Å². The number of ketones is 1. The van der Waals surface area contributed by atoms with Gasteiger partial charge in [-0.15, -0.1) is 0 Å². The van der Waals surface area contributed by atoms with Crippen molar-refractivity contribution in [3.63, 3.8) is 0 Å². The fraction of sp³-hybridized carbons (Fsp3) is 0.667. The summed E-state index contributed by atoms with van der Waals surface area (Å²) in [6, 6.07) is 0. The van der Waals surface area contributed by atoms with Crippen LogP contribution in [0.4, 0.5) is 0 Å². The van der Waals surface area contributed by atoms with Crippen molar-refractivity contribution in [3.05, 3.63) is 12.7 Å². The number of hydrogen-bond acceptors (Lipinski definition) is 2. The first-order valence-electron chi connectivity index (χ1n) is 5.56. The van der Waals surface area contributed by atoms with E-state index < -0.39 is 0 Å². The van der Waals surface area contributed by atoms with Crippen molar-refractivity contribution in [1.29, 1.82) is 0 Å². The number of carbonyl (C=O) groups is 2. The zero-order valence-corrected chi connectivity index (χ0v) is 10.1. The van der Waals surface area contributed by atoms with Crippen LogP contribution in [0.25, 0.3) is 0 Å². The van der Waals surface area contributed by atoms with Gasteiger partial charge in [0.05, 0.1) is 0 Å². The van der Waals surface area contributed by atoms with Gasteiger partial charge in [-0.25, -0.2) is 0 Å². The zero-order chi connectivity index (χ0) is 12.1. The number of amides is 1. The number of carbonyl (C=O) groups excluding carboxylic acids is 2. The van der Waals surface area contributed by atoms with Crippen LogP contribution in [0.3, 0.4) is 0 Å². The average molecular weight is 215 g/mol. The van der Waals surface area contributed by atoms with Gasteiger partial charge in [-0.2, -0.15) is 0 Å². The summed E-state index contributed by atoms with van der Waals surface area (Å²) in [4.78, 5) is 21.2. The summed E-state index contributed by atoms with van der Waals surface area (Å²) in [6.07, 6.45) is 4.73. The van der Waals surface area contributed by atoms with Crippen LogP contribution < -0.4 is 5.32 Å². The minimum absolute atomic E-state index is 0. The lowest BCUT2D eigenvalue weighted by molar-refractivity contribution is -0.117. The fourth-order valence-electron chi connectivity index (χ4n) is 0.959. The first kappa shape index (κ1) is 16.3. The Bertz CT molecular complexity index is 193. The average Bonchev–Trinajstić information content (AvgIpc) is 2.25. The topological polar surface area (TPSA) is 46.2 Å². The fourth-order valence-corrected chi connectivity index (χ4v) is 0.959. The van der Waals surface area contributed by atoms with E-state index in [1.54, 1.807) is 6.92 Å². The SMILES string of the molecule is C=CC(=O)NCCCCCC(C)=O.CC.[HH]. The molecule has 0 atom stereocenters. The van der Waals surface area contributed by atoms with Crippen LogP contribution in [0.5, 0.6) is 0 Å². The molecule has 0 spiro atoms. The third-order valence-corrected chi connectivity index (χ3v) is 1.69. The maximum Gasteiger partial charge on any atom is 0.243 e. The predicted octanol–water partition coefficient (Wildman–Crippen LogP) is 2.71. The predicted molar refractivity (Wildman–Crippen MR) is 65.8 cm³/mol. The standard InChI is InChI=1S/C10H17NO2.C2H6.H2/c1-3-10(13)11-8-6-4-5-7-9(2)12;1-2;/h3H,1,4-8H2,2H3,(H,11,13);1-2H3;1H. The van der Waals surface area contributed by atoms with Crippen molar-refractivity contribution < 1.29 is 11.0 Å². The van der Waals surface area contributed by atoms with Crippen molar-refractivity contribution in [2.24, 2.45) is 0 Å². The summed E-state index contributed by atoms with van der Waals surface area (Å²) >= 11 is 0. The quantitative estimate of drug-likeness (QED) is 0.524. The highest BCUT2D eigenvalue weighted by molar-refractivity contribution is 5.86. The van der Waals surface area contributed by atoms with E-state index in [0.29, 0.717) is 13.0 Å². The number of nitrogens with one attached hydrogen (secondary N) is 1. The molecule has 0 fully saturated rings. The van der Waals surface area contributed by atoms with Gasteiger partial charge in [-0.3, -0.25) is 4.79 Å². The third-order valence-electron chi connectivity index (χ3n) is 1.69. The molecular weight excluding hydrogens is 190 g/mol. The van der Waals surface area contributed by atoms with Crippen LogP contribution in [0.15, 0.2) is 12.7 Å². The lowest BCUT2D eigenvalue weighted by atomic mass is 10.1. The van der Waals surface area contributed by atoms with Crippen LogP contribution in [0.2, 0.25) is 0 Å². The van der Waals surface area contributed by atoms with E-state index in [-0.39, 0.29) is 13.1 Å². The summed E-state index contributed by atoms with van der Waals surface area (Å²) in [6.45, 7) is 9.61. The Morgan fingerprint density at radius 1 is 1.27 bits per heavy atom.